The summed E-state index contributed by atoms with van der Waals surface area (Å²) in [6, 6.07) is 8.43. The third-order valence-electron chi connectivity index (χ3n) is 3.18. The molecule has 0 aliphatic carbocycles. The summed E-state index contributed by atoms with van der Waals surface area (Å²) >= 11 is 1.50. The first kappa shape index (κ1) is 16.9. The quantitative estimate of drug-likeness (QED) is 0.673. The van der Waals surface area contributed by atoms with Gasteiger partial charge in [0, 0.05) is 15.3 Å². The van der Waals surface area contributed by atoms with Crippen molar-refractivity contribution in [3.63, 3.8) is 0 Å². The van der Waals surface area contributed by atoms with Crippen molar-refractivity contribution in [2.75, 3.05) is 11.9 Å². The Hall–Kier alpha value is -2.47. The van der Waals surface area contributed by atoms with Crippen LogP contribution in [0.2, 0.25) is 0 Å². The van der Waals surface area contributed by atoms with E-state index in [2.05, 4.69) is 5.32 Å². The summed E-state index contributed by atoms with van der Waals surface area (Å²) in [6.07, 6.45) is 0. The van der Waals surface area contributed by atoms with E-state index in [-0.39, 0.29) is 5.78 Å². The maximum atomic E-state index is 12.0. The average molecular weight is 331 g/mol. The van der Waals surface area contributed by atoms with Crippen LogP contribution in [0.5, 0.6) is 0 Å². The van der Waals surface area contributed by atoms with Crippen molar-refractivity contribution >= 4 is 34.7 Å². The first-order valence-corrected chi connectivity index (χ1v) is 7.84. The molecule has 1 N–H and O–H groups in total. The predicted octanol–water partition coefficient (Wildman–Crippen LogP) is 3.36. The van der Waals surface area contributed by atoms with Crippen molar-refractivity contribution in [3.05, 3.63) is 51.2 Å². The Bertz CT molecular complexity index is 764. The van der Waals surface area contributed by atoms with E-state index in [9.17, 15) is 14.4 Å². The molecule has 0 saturated heterocycles. The van der Waals surface area contributed by atoms with Crippen molar-refractivity contribution < 1.29 is 19.1 Å². The van der Waals surface area contributed by atoms with E-state index in [1.807, 2.05) is 13.8 Å². The second-order valence-corrected chi connectivity index (χ2v) is 6.51. The van der Waals surface area contributed by atoms with Gasteiger partial charge in [-0.25, -0.2) is 4.79 Å². The summed E-state index contributed by atoms with van der Waals surface area (Å²) in [5, 5.41) is 2.58. The molecular formula is C17H17NO4S. The first-order chi connectivity index (χ1) is 10.9. The fraction of sp³-hybridized carbons (Fsp3) is 0.235. The third kappa shape index (κ3) is 4.26. The van der Waals surface area contributed by atoms with Gasteiger partial charge in [0.15, 0.2) is 12.4 Å². The SMILES string of the molecule is CC(=O)c1ccccc1NC(=O)COC(=O)c1cc(C)sc1C. The molecule has 0 radical (unpaired) electrons. The Kier molecular flexibility index (Phi) is 5.28. The van der Waals surface area contributed by atoms with Gasteiger partial charge in [-0.1, -0.05) is 12.1 Å². The van der Waals surface area contributed by atoms with Crippen LogP contribution in [0.15, 0.2) is 30.3 Å². The summed E-state index contributed by atoms with van der Waals surface area (Å²) in [4.78, 5) is 37.2. The standard InChI is InChI=1S/C17H17NO4S/c1-10-8-14(12(3)23-10)17(21)22-9-16(20)18-15-7-5-4-6-13(15)11(2)19/h4-8H,9H2,1-3H3,(H,18,20). The molecule has 1 amide bonds. The normalized spacial score (nSPS) is 10.2. The number of amides is 1. The van der Waals surface area contributed by atoms with Gasteiger partial charge >= 0.3 is 5.97 Å². The molecule has 0 spiro atoms. The Morgan fingerprint density at radius 3 is 2.43 bits per heavy atom. The number of aryl methyl sites for hydroxylation is 2. The van der Waals surface area contributed by atoms with Gasteiger partial charge in [-0.3, -0.25) is 9.59 Å². The Balaban J connectivity index is 1.97. The van der Waals surface area contributed by atoms with Crippen LogP contribution in [0.25, 0.3) is 0 Å². The molecule has 1 aromatic heterocycles. The highest BCUT2D eigenvalue weighted by molar-refractivity contribution is 7.12. The number of hydrogen-bond acceptors (Lipinski definition) is 5. The largest absolute Gasteiger partial charge is 0.452 e. The topological polar surface area (TPSA) is 72.5 Å². The highest BCUT2D eigenvalue weighted by atomic mass is 32.1. The minimum atomic E-state index is -0.526. The second kappa shape index (κ2) is 7.19. The number of thiophene rings is 1. The fourth-order valence-electron chi connectivity index (χ4n) is 2.13. The molecule has 0 atom stereocenters. The lowest BCUT2D eigenvalue weighted by Gasteiger charge is -2.09. The molecule has 0 saturated carbocycles. The van der Waals surface area contributed by atoms with Gasteiger partial charge in [0.1, 0.15) is 0 Å². The van der Waals surface area contributed by atoms with E-state index in [1.165, 1.54) is 18.3 Å². The maximum absolute atomic E-state index is 12.0. The Labute approximate surface area is 138 Å². The van der Waals surface area contributed by atoms with Gasteiger partial charge in [0.05, 0.1) is 11.3 Å². The van der Waals surface area contributed by atoms with E-state index >= 15 is 0 Å². The maximum Gasteiger partial charge on any atom is 0.339 e. The molecule has 0 aliphatic rings. The second-order valence-electron chi connectivity index (χ2n) is 5.05. The number of nitrogens with one attached hydrogen (secondary N) is 1. The lowest BCUT2D eigenvalue weighted by molar-refractivity contribution is -0.119. The number of para-hydroxylation sites is 1. The molecule has 2 rings (SSSR count). The summed E-state index contributed by atoms with van der Waals surface area (Å²) < 4.78 is 5.03. The summed E-state index contributed by atoms with van der Waals surface area (Å²) in [6.45, 7) is 4.75. The van der Waals surface area contributed by atoms with Crippen molar-refractivity contribution in [3.8, 4) is 0 Å². The smallest absolute Gasteiger partial charge is 0.339 e. The molecule has 120 valence electrons. The molecule has 1 aromatic carbocycles. The zero-order valence-corrected chi connectivity index (χ0v) is 14.0. The number of esters is 1. The van der Waals surface area contributed by atoms with Crippen molar-refractivity contribution in [2.45, 2.75) is 20.8 Å². The Morgan fingerprint density at radius 2 is 1.83 bits per heavy atom. The van der Waals surface area contributed by atoms with Crippen molar-refractivity contribution in [1.29, 1.82) is 0 Å². The van der Waals surface area contributed by atoms with Crippen LogP contribution in [-0.4, -0.2) is 24.3 Å². The number of ketones is 1. The summed E-state index contributed by atoms with van der Waals surface area (Å²) in [5.41, 5.74) is 1.30. The van der Waals surface area contributed by atoms with Crippen LogP contribution < -0.4 is 5.32 Å². The number of hydrogen-bond donors (Lipinski definition) is 1. The molecule has 1 heterocycles. The molecule has 23 heavy (non-hydrogen) atoms. The number of benzene rings is 1. The van der Waals surface area contributed by atoms with Gasteiger partial charge in [0.2, 0.25) is 0 Å². The van der Waals surface area contributed by atoms with Crippen LogP contribution in [-0.2, 0) is 9.53 Å². The van der Waals surface area contributed by atoms with E-state index in [0.717, 1.165) is 9.75 Å². The number of ether oxygens (including phenoxy) is 1. The van der Waals surface area contributed by atoms with Crippen LogP contribution >= 0.6 is 11.3 Å². The predicted molar refractivity (Wildman–Crippen MR) is 89.2 cm³/mol. The fourth-order valence-corrected chi connectivity index (χ4v) is 3.04. The number of carbonyl (C=O) groups excluding carboxylic acids is 3. The number of rotatable bonds is 5. The molecule has 0 bridgehead atoms. The zero-order chi connectivity index (χ0) is 17.0. The highest BCUT2D eigenvalue weighted by Gasteiger charge is 2.16. The van der Waals surface area contributed by atoms with Crippen molar-refractivity contribution in [1.82, 2.24) is 0 Å². The van der Waals surface area contributed by atoms with Crippen LogP contribution in [0.4, 0.5) is 5.69 Å². The van der Waals surface area contributed by atoms with Crippen LogP contribution in [0.1, 0.15) is 37.4 Å². The monoisotopic (exact) mass is 331 g/mol. The molecule has 2 aromatic rings. The number of Topliss-reactive ketones (excluding diaryl/α,β-unsaturated/α-hetero) is 1. The molecular weight excluding hydrogens is 314 g/mol. The summed E-state index contributed by atoms with van der Waals surface area (Å²) in [5.74, 6) is -1.17. The van der Waals surface area contributed by atoms with Gasteiger partial charge < -0.3 is 10.1 Å². The highest BCUT2D eigenvalue weighted by Crippen LogP contribution is 2.21. The first-order valence-electron chi connectivity index (χ1n) is 7.02. The van der Waals surface area contributed by atoms with Gasteiger partial charge in [-0.2, -0.15) is 0 Å². The minimum Gasteiger partial charge on any atom is -0.452 e. The molecule has 5 nitrogen and oxygen atoms in total. The average Bonchev–Trinajstić information content (AvgIpc) is 2.84. The van der Waals surface area contributed by atoms with Crippen LogP contribution in [0.3, 0.4) is 0 Å². The molecule has 6 heteroatoms. The van der Waals surface area contributed by atoms with Crippen molar-refractivity contribution in [2.24, 2.45) is 0 Å². The minimum absolute atomic E-state index is 0.151. The van der Waals surface area contributed by atoms with E-state index in [1.54, 1.807) is 30.3 Å². The van der Waals surface area contributed by atoms with E-state index in [4.69, 9.17) is 4.74 Å². The van der Waals surface area contributed by atoms with Gasteiger partial charge in [0.25, 0.3) is 5.91 Å². The van der Waals surface area contributed by atoms with E-state index in [0.29, 0.717) is 16.8 Å². The van der Waals surface area contributed by atoms with Crippen LogP contribution in [0, 0.1) is 13.8 Å². The number of anilines is 1. The van der Waals surface area contributed by atoms with Gasteiger partial charge in [-0.05, 0) is 39.0 Å². The number of carbonyl (C=O) groups is 3. The van der Waals surface area contributed by atoms with E-state index < -0.39 is 18.5 Å². The molecule has 0 fully saturated rings. The molecule has 0 aliphatic heterocycles. The zero-order valence-electron chi connectivity index (χ0n) is 13.1. The Morgan fingerprint density at radius 1 is 1.13 bits per heavy atom. The lowest BCUT2D eigenvalue weighted by Crippen LogP contribution is -2.22. The third-order valence-corrected chi connectivity index (χ3v) is 4.14. The lowest BCUT2D eigenvalue weighted by atomic mass is 10.1. The summed E-state index contributed by atoms with van der Waals surface area (Å²) in [7, 11) is 0. The molecule has 0 unspecified atom stereocenters. The van der Waals surface area contributed by atoms with Gasteiger partial charge in [-0.15, -0.1) is 11.3 Å².